The SMILES string of the molecule is O=C(NCC(=O)N1CCC2(CC1)CCN(C(=O)CCC(=O)N1CCCc3ccccc31)C2)c1ccco1. The number of carbonyl (C=O) groups is 4. The zero-order chi connectivity index (χ0) is 25.8. The van der Waals surface area contributed by atoms with Gasteiger partial charge >= 0.3 is 0 Å². The van der Waals surface area contributed by atoms with Gasteiger partial charge in [0.15, 0.2) is 5.76 Å². The summed E-state index contributed by atoms with van der Waals surface area (Å²) in [6, 6.07) is 11.2. The number of amides is 4. The lowest BCUT2D eigenvalue weighted by Crippen LogP contribution is -2.47. The molecule has 196 valence electrons. The minimum absolute atomic E-state index is 0.0142. The van der Waals surface area contributed by atoms with Crippen LogP contribution < -0.4 is 10.2 Å². The maximum atomic E-state index is 13.0. The summed E-state index contributed by atoms with van der Waals surface area (Å²) in [6.45, 7) is 3.26. The van der Waals surface area contributed by atoms with Crippen molar-refractivity contribution in [2.45, 2.75) is 44.9 Å². The molecule has 5 rings (SSSR count). The Hall–Kier alpha value is -3.62. The second-order valence-electron chi connectivity index (χ2n) is 10.4. The van der Waals surface area contributed by atoms with E-state index >= 15 is 0 Å². The summed E-state index contributed by atoms with van der Waals surface area (Å²) in [5.74, 6) is -0.281. The number of aryl methyl sites for hydroxylation is 1. The molecule has 4 amide bonds. The fourth-order valence-electron chi connectivity index (χ4n) is 5.85. The van der Waals surface area contributed by atoms with Gasteiger partial charge in [-0.3, -0.25) is 19.2 Å². The van der Waals surface area contributed by atoms with Crippen molar-refractivity contribution in [3.8, 4) is 0 Å². The standard InChI is InChI=1S/C28H34N4O5/c33-24(9-10-25(34)32-14-3-6-21-5-1-2-7-22(21)32)31-17-13-28(20-31)11-15-30(16-12-28)26(35)19-29-27(36)23-8-4-18-37-23/h1-2,4-5,7-8,18H,3,6,9-17,19-20H2,(H,29,36). The molecule has 9 nitrogen and oxygen atoms in total. The summed E-state index contributed by atoms with van der Waals surface area (Å²) in [5, 5.41) is 2.61. The van der Waals surface area contributed by atoms with E-state index in [4.69, 9.17) is 4.42 Å². The zero-order valence-electron chi connectivity index (χ0n) is 21.1. The van der Waals surface area contributed by atoms with Crippen LogP contribution in [-0.2, 0) is 20.8 Å². The molecule has 0 aliphatic carbocycles. The first-order valence-corrected chi connectivity index (χ1v) is 13.2. The topological polar surface area (TPSA) is 103 Å². The van der Waals surface area contributed by atoms with Gasteiger partial charge in [0.1, 0.15) is 0 Å². The van der Waals surface area contributed by atoms with Crippen LogP contribution in [0.15, 0.2) is 47.1 Å². The van der Waals surface area contributed by atoms with Crippen molar-refractivity contribution < 1.29 is 23.6 Å². The summed E-state index contributed by atoms with van der Waals surface area (Å²) in [4.78, 5) is 56.0. The van der Waals surface area contributed by atoms with Crippen LogP contribution in [0.1, 0.15) is 54.6 Å². The summed E-state index contributed by atoms with van der Waals surface area (Å²) < 4.78 is 5.05. The molecule has 4 heterocycles. The second-order valence-corrected chi connectivity index (χ2v) is 10.4. The molecule has 3 aliphatic heterocycles. The Bertz CT molecular complexity index is 1150. The van der Waals surface area contributed by atoms with Gasteiger partial charge in [-0.05, 0) is 61.3 Å². The van der Waals surface area contributed by atoms with E-state index in [-0.39, 0.29) is 48.3 Å². The van der Waals surface area contributed by atoms with Crippen molar-refractivity contribution in [3.05, 3.63) is 54.0 Å². The maximum Gasteiger partial charge on any atom is 0.287 e. The summed E-state index contributed by atoms with van der Waals surface area (Å²) in [7, 11) is 0. The third-order valence-corrected chi connectivity index (χ3v) is 8.08. The molecule has 0 atom stereocenters. The van der Waals surface area contributed by atoms with Crippen molar-refractivity contribution in [2.24, 2.45) is 5.41 Å². The minimum atomic E-state index is -0.403. The van der Waals surface area contributed by atoms with E-state index in [0.717, 1.165) is 37.8 Å². The zero-order valence-corrected chi connectivity index (χ0v) is 21.1. The number of likely N-dealkylation sites (tertiary alicyclic amines) is 2. The number of benzene rings is 1. The fraction of sp³-hybridized carbons (Fsp3) is 0.500. The van der Waals surface area contributed by atoms with Gasteiger partial charge in [0.2, 0.25) is 17.7 Å². The Kier molecular flexibility index (Phi) is 7.30. The van der Waals surface area contributed by atoms with E-state index in [1.165, 1.54) is 11.8 Å². The lowest BCUT2D eigenvalue weighted by molar-refractivity contribution is -0.134. The average Bonchev–Trinajstić information content (AvgIpc) is 3.61. The lowest BCUT2D eigenvalue weighted by Gasteiger charge is -2.39. The van der Waals surface area contributed by atoms with Crippen LogP contribution in [0, 0.1) is 5.41 Å². The number of hydrogen-bond acceptors (Lipinski definition) is 5. The Morgan fingerprint density at radius 2 is 1.57 bits per heavy atom. The van der Waals surface area contributed by atoms with Crippen LogP contribution in [0.5, 0.6) is 0 Å². The van der Waals surface area contributed by atoms with Gasteiger partial charge < -0.3 is 24.4 Å². The van der Waals surface area contributed by atoms with Gasteiger partial charge in [0, 0.05) is 51.3 Å². The molecule has 2 saturated heterocycles. The fourth-order valence-corrected chi connectivity index (χ4v) is 5.85. The molecule has 3 aliphatic rings. The Balaban J connectivity index is 1.06. The van der Waals surface area contributed by atoms with Gasteiger partial charge in [-0.25, -0.2) is 0 Å². The quantitative estimate of drug-likeness (QED) is 0.649. The minimum Gasteiger partial charge on any atom is -0.459 e. The van der Waals surface area contributed by atoms with Gasteiger partial charge in [0.25, 0.3) is 5.91 Å². The van der Waals surface area contributed by atoms with Crippen molar-refractivity contribution in [2.75, 3.05) is 44.2 Å². The van der Waals surface area contributed by atoms with Crippen LogP contribution in [0.2, 0.25) is 0 Å². The van der Waals surface area contributed by atoms with Crippen LogP contribution in [0.25, 0.3) is 0 Å². The molecule has 1 aromatic heterocycles. The number of rotatable bonds is 6. The third kappa shape index (κ3) is 5.55. The summed E-state index contributed by atoms with van der Waals surface area (Å²) in [6.07, 6.45) is 6.39. The highest BCUT2D eigenvalue weighted by atomic mass is 16.3. The third-order valence-electron chi connectivity index (χ3n) is 8.08. The molecule has 0 bridgehead atoms. The van der Waals surface area contributed by atoms with Crippen molar-refractivity contribution in [3.63, 3.8) is 0 Å². The molecular weight excluding hydrogens is 472 g/mol. The predicted octanol–water partition coefficient (Wildman–Crippen LogP) is 2.61. The Morgan fingerprint density at radius 3 is 2.32 bits per heavy atom. The second kappa shape index (κ2) is 10.8. The van der Waals surface area contributed by atoms with E-state index in [0.29, 0.717) is 32.7 Å². The molecular formula is C28H34N4O5. The number of nitrogens with zero attached hydrogens (tertiary/aromatic N) is 3. The molecule has 1 N–H and O–H groups in total. The average molecular weight is 507 g/mol. The normalized spacial score (nSPS) is 18.5. The number of hydrogen-bond donors (Lipinski definition) is 1. The molecule has 2 fully saturated rings. The molecule has 1 aromatic carbocycles. The first-order valence-electron chi connectivity index (χ1n) is 13.2. The molecule has 9 heteroatoms. The van der Waals surface area contributed by atoms with Gasteiger partial charge in [-0.15, -0.1) is 0 Å². The highest BCUT2D eigenvalue weighted by Gasteiger charge is 2.42. The number of anilines is 1. The van der Waals surface area contributed by atoms with Crippen LogP contribution >= 0.6 is 0 Å². The summed E-state index contributed by atoms with van der Waals surface area (Å²) >= 11 is 0. The van der Waals surface area contributed by atoms with Crippen LogP contribution in [0.4, 0.5) is 5.69 Å². The number of carbonyl (C=O) groups excluding carboxylic acids is 4. The highest BCUT2D eigenvalue weighted by molar-refractivity contribution is 5.96. The van der Waals surface area contributed by atoms with E-state index in [9.17, 15) is 19.2 Å². The smallest absolute Gasteiger partial charge is 0.287 e. The van der Waals surface area contributed by atoms with E-state index < -0.39 is 5.91 Å². The highest BCUT2D eigenvalue weighted by Crippen LogP contribution is 2.40. The molecule has 0 radical (unpaired) electrons. The number of furan rings is 1. The predicted molar refractivity (Wildman–Crippen MR) is 137 cm³/mol. The van der Waals surface area contributed by atoms with Crippen molar-refractivity contribution in [1.29, 1.82) is 0 Å². The molecule has 0 unspecified atom stereocenters. The van der Waals surface area contributed by atoms with Crippen LogP contribution in [-0.4, -0.2) is 72.7 Å². The number of fused-ring (bicyclic) bond motifs is 1. The van der Waals surface area contributed by atoms with Crippen molar-refractivity contribution >= 4 is 29.3 Å². The van der Waals surface area contributed by atoms with E-state index in [1.807, 2.05) is 28.0 Å². The first kappa shape index (κ1) is 25.0. The van der Waals surface area contributed by atoms with E-state index in [2.05, 4.69) is 11.4 Å². The van der Waals surface area contributed by atoms with Gasteiger partial charge in [-0.1, -0.05) is 18.2 Å². The molecule has 0 saturated carbocycles. The van der Waals surface area contributed by atoms with Crippen LogP contribution in [0.3, 0.4) is 0 Å². The summed E-state index contributed by atoms with van der Waals surface area (Å²) in [5.41, 5.74) is 2.20. The molecule has 1 spiro atoms. The first-order chi connectivity index (χ1) is 17.9. The van der Waals surface area contributed by atoms with E-state index in [1.54, 1.807) is 17.0 Å². The Labute approximate surface area is 216 Å². The monoisotopic (exact) mass is 506 g/mol. The number of para-hydroxylation sites is 1. The van der Waals surface area contributed by atoms with Crippen molar-refractivity contribution in [1.82, 2.24) is 15.1 Å². The maximum absolute atomic E-state index is 13.0. The van der Waals surface area contributed by atoms with Gasteiger partial charge in [-0.2, -0.15) is 0 Å². The molecule has 2 aromatic rings. The lowest BCUT2D eigenvalue weighted by atomic mass is 9.78. The largest absolute Gasteiger partial charge is 0.459 e. The number of nitrogens with one attached hydrogen (secondary N) is 1. The Morgan fingerprint density at radius 1 is 0.838 bits per heavy atom. The number of piperidine rings is 1. The van der Waals surface area contributed by atoms with Gasteiger partial charge in [0.05, 0.1) is 12.8 Å². The molecule has 37 heavy (non-hydrogen) atoms.